The van der Waals surface area contributed by atoms with Gasteiger partial charge in [0, 0.05) is 27.1 Å². The first kappa shape index (κ1) is 27.2. The Balaban J connectivity index is 1.66. The van der Waals surface area contributed by atoms with Crippen molar-refractivity contribution in [3.63, 3.8) is 0 Å². The van der Waals surface area contributed by atoms with E-state index in [0.717, 1.165) is 12.1 Å². The van der Waals surface area contributed by atoms with Gasteiger partial charge in [-0.3, -0.25) is 4.68 Å². The normalized spacial score (nSPS) is 13.2. The number of fused-ring (bicyclic) bond motifs is 1. The molecule has 0 spiro atoms. The second-order valence-electron chi connectivity index (χ2n) is 9.28. The molecule has 1 N–H and O–H groups in total. The van der Waals surface area contributed by atoms with Crippen LogP contribution in [-0.4, -0.2) is 20.9 Å². The zero-order valence-corrected chi connectivity index (χ0v) is 21.7. The van der Waals surface area contributed by atoms with Crippen molar-refractivity contribution in [3.8, 4) is 17.0 Å². The molecule has 1 aromatic heterocycles. The molecule has 40 heavy (non-hydrogen) atoms. The molecule has 0 aliphatic heterocycles. The first-order chi connectivity index (χ1) is 19.0. The lowest BCUT2D eigenvalue weighted by atomic mass is 9.95. The van der Waals surface area contributed by atoms with Crippen molar-refractivity contribution in [1.29, 1.82) is 0 Å². The van der Waals surface area contributed by atoms with Crippen LogP contribution in [0.4, 0.5) is 17.6 Å². The summed E-state index contributed by atoms with van der Waals surface area (Å²) in [5.41, 5.74) is -1.75. The van der Waals surface area contributed by atoms with Gasteiger partial charge in [0.2, 0.25) is 5.60 Å². The molecule has 10 heteroatoms. The summed E-state index contributed by atoms with van der Waals surface area (Å²) in [4.78, 5) is 12.3. The maximum absolute atomic E-state index is 14.7. The molecule has 1 heterocycles. The van der Waals surface area contributed by atoms with Crippen LogP contribution in [0.3, 0.4) is 0 Å². The van der Waals surface area contributed by atoms with Gasteiger partial charge in [-0.25, -0.2) is 9.18 Å². The number of halogens is 5. The minimum atomic E-state index is -4.68. The van der Waals surface area contributed by atoms with E-state index in [9.17, 15) is 27.5 Å². The van der Waals surface area contributed by atoms with E-state index in [1.807, 2.05) is 0 Å². The second kappa shape index (κ2) is 10.3. The molecule has 0 aliphatic carbocycles. The van der Waals surface area contributed by atoms with E-state index in [1.165, 1.54) is 41.9 Å². The SMILES string of the molecule is CC(Oc1cccc(-c2c3cccc(C(F)(F)F)c3nn2Cc2ccc(Cl)cc2F)c1)(C(=O)O)c1ccccc1. The van der Waals surface area contributed by atoms with Gasteiger partial charge in [0.15, 0.2) is 0 Å². The third-order valence-corrected chi connectivity index (χ3v) is 6.81. The van der Waals surface area contributed by atoms with E-state index in [4.69, 9.17) is 16.3 Å². The summed E-state index contributed by atoms with van der Waals surface area (Å²) in [6, 6.07) is 22.4. The highest BCUT2D eigenvalue weighted by Gasteiger charge is 2.38. The Bertz CT molecular complexity index is 1720. The topological polar surface area (TPSA) is 64.4 Å². The molecule has 1 unspecified atom stereocenters. The lowest BCUT2D eigenvalue weighted by Crippen LogP contribution is -2.38. The van der Waals surface area contributed by atoms with Crippen LogP contribution in [0.1, 0.15) is 23.6 Å². The Labute approximate surface area is 231 Å². The smallest absolute Gasteiger partial charge is 0.418 e. The van der Waals surface area contributed by atoms with Crippen LogP contribution in [0, 0.1) is 5.82 Å². The van der Waals surface area contributed by atoms with Crippen molar-refractivity contribution in [1.82, 2.24) is 9.78 Å². The predicted molar refractivity (Wildman–Crippen MR) is 143 cm³/mol. The summed E-state index contributed by atoms with van der Waals surface area (Å²) in [6.45, 7) is 1.22. The summed E-state index contributed by atoms with van der Waals surface area (Å²) in [5.74, 6) is -1.70. The molecule has 5 aromatic rings. The number of hydrogen-bond donors (Lipinski definition) is 1. The van der Waals surface area contributed by atoms with Crippen LogP contribution in [0.25, 0.3) is 22.2 Å². The van der Waals surface area contributed by atoms with Gasteiger partial charge in [-0.2, -0.15) is 18.3 Å². The molecule has 0 fully saturated rings. The number of aliphatic carboxylic acids is 1. The minimum Gasteiger partial charge on any atom is -0.478 e. The molecule has 0 radical (unpaired) electrons. The fourth-order valence-corrected chi connectivity index (χ4v) is 4.69. The van der Waals surface area contributed by atoms with Crippen LogP contribution in [0.2, 0.25) is 5.02 Å². The van der Waals surface area contributed by atoms with Gasteiger partial charge in [-0.1, -0.05) is 72.3 Å². The summed E-state index contributed by atoms with van der Waals surface area (Å²) >= 11 is 5.88. The number of ether oxygens (including phenoxy) is 1. The van der Waals surface area contributed by atoms with Crippen molar-refractivity contribution in [2.24, 2.45) is 0 Å². The molecule has 0 bridgehead atoms. The Kier molecular flexibility index (Phi) is 7.01. The highest BCUT2D eigenvalue weighted by molar-refractivity contribution is 6.30. The lowest BCUT2D eigenvalue weighted by Gasteiger charge is -2.27. The Morgan fingerprint density at radius 3 is 2.38 bits per heavy atom. The fraction of sp³-hybridized carbons (Fsp3) is 0.133. The zero-order valence-electron chi connectivity index (χ0n) is 20.9. The molecule has 4 aromatic carbocycles. The van der Waals surface area contributed by atoms with E-state index in [2.05, 4.69) is 5.10 Å². The highest BCUT2D eigenvalue weighted by atomic mass is 35.5. The van der Waals surface area contributed by atoms with Gasteiger partial charge in [0.25, 0.3) is 0 Å². The van der Waals surface area contributed by atoms with Gasteiger partial charge in [-0.15, -0.1) is 0 Å². The quantitative estimate of drug-likeness (QED) is 0.202. The lowest BCUT2D eigenvalue weighted by molar-refractivity contribution is -0.154. The van der Waals surface area contributed by atoms with E-state index < -0.39 is 29.1 Å². The van der Waals surface area contributed by atoms with Crippen molar-refractivity contribution in [2.45, 2.75) is 25.2 Å². The number of benzene rings is 4. The molecule has 0 aliphatic rings. The summed E-state index contributed by atoms with van der Waals surface area (Å²) in [7, 11) is 0. The number of hydrogen-bond acceptors (Lipinski definition) is 3. The van der Waals surface area contributed by atoms with E-state index in [-0.39, 0.29) is 39.5 Å². The molecule has 0 saturated heterocycles. The van der Waals surface area contributed by atoms with E-state index >= 15 is 0 Å². The maximum Gasteiger partial charge on any atom is 0.418 e. The number of carbonyl (C=O) groups is 1. The summed E-state index contributed by atoms with van der Waals surface area (Å²) in [5, 5.41) is 14.6. The molecule has 1 atom stereocenters. The van der Waals surface area contributed by atoms with Gasteiger partial charge in [0.05, 0.1) is 17.8 Å². The summed E-state index contributed by atoms with van der Waals surface area (Å²) < 4.78 is 63.6. The van der Waals surface area contributed by atoms with Crippen LogP contribution in [-0.2, 0) is 23.1 Å². The molecule has 5 rings (SSSR count). The van der Waals surface area contributed by atoms with Crippen molar-refractivity contribution >= 4 is 28.5 Å². The molecular formula is C30H21ClF4N2O3. The number of carboxylic acids is 1. The van der Waals surface area contributed by atoms with E-state index in [0.29, 0.717) is 11.1 Å². The zero-order chi connectivity index (χ0) is 28.7. The monoisotopic (exact) mass is 568 g/mol. The predicted octanol–water partition coefficient (Wildman–Crippen LogP) is 7.94. The van der Waals surface area contributed by atoms with Gasteiger partial charge >= 0.3 is 12.1 Å². The highest BCUT2D eigenvalue weighted by Crippen LogP contribution is 2.39. The number of rotatable bonds is 7. The van der Waals surface area contributed by atoms with Crippen molar-refractivity contribution < 1.29 is 32.2 Å². The first-order valence-electron chi connectivity index (χ1n) is 12.1. The standard InChI is InChI=1S/C30H21ClF4N2O3/c1-29(28(38)39,20-8-3-2-4-9-20)40-22-10-5-7-18(15-22)27-23-11-6-12-24(30(33,34)35)26(23)36-37(27)17-19-13-14-21(31)16-25(19)32/h2-16H,17H2,1H3,(H,38,39). The number of aromatic nitrogens is 2. The second-order valence-corrected chi connectivity index (χ2v) is 9.71. The molecular weight excluding hydrogens is 548 g/mol. The Morgan fingerprint density at radius 1 is 0.975 bits per heavy atom. The third-order valence-electron chi connectivity index (χ3n) is 6.57. The van der Waals surface area contributed by atoms with Crippen LogP contribution in [0.15, 0.2) is 91.0 Å². The molecule has 204 valence electrons. The Hall–Kier alpha value is -4.37. The van der Waals surface area contributed by atoms with Crippen LogP contribution < -0.4 is 4.74 Å². The largest absolute Gasteiger partial charge is 0.478 e. The summed E-state index contributed by atoms with van der Waals surface area (Å²) in [6.07, 6.45) is -4.68. The number of carboxylic acid groups (broad SMARTS) is 1. The van der Waals surface area contributed by atoms with Crippen molar-refractivity contribution in [2.75, 3.05) is 0 Å². The number of alkyl halides is 3. The van der Waals surface area contributed by atoms with Crippen LogP contribution in [0.5, 0.6) is 5.75 Å². The third kappa shape index (κ3) is 5.12. The first-order valence-corrected chi connectivity index (χ1v) is 12.4. The minimum absolute atomic E-state index is 0.164. The van der Waals surface area contributed by atoms with Crippen molar-refractivity contribution in [3.05, 3.63) is 119 Å². The van der Waals surface area contributed by atoms with E-state index in [1.54, 1.807) is 48.5 Å². The van der Waals surface area contributed by atoms with Gasteiger partial charge in [-0.05, 0) is 37.3 Å². The molecule has 0 amide bonds. The average molecular weight is 569 g/mol. The van der Waals surface area contributed by atoms with Gasteiger partial charge in [0.1, 0.15) is 17.1 Å². The molecule has 0 saturated carbocycles. The van der Waals surface area contributed by atoms with Gasteiger partial charge < -0.3 is 9.84 Å². The van der Waals surface area contributed by atoms with Crippen LogP contribution >= 0.6 is 11.6 Å². The molecule has 5 nitrogen and oxygen atoms in total. The average Bonchev–Trinajstić information content (AvgIpc) is 3.28. The Morgan fingerprint density at radius 2 is 1.70 bits per heavy atom. The number of nitrogens with zero attached hydrogens (tertiary/aromatic N) is 2. The fourth-order valence-electron chi connectivity index (χ4n) is 4.54. The maximum atomic E-state index is 14.7.